The average molecular weight is 525 g/mol. The molecule has 0 radical (unpaired) electrons. The van der Waals surface area contributed by atoms with Crippen LogP contribution in [0.25, 0.3) is 71.7 Å². The highest BCUT2D eigenvalue weighted by molar-refractivity contribution is 6.68. The van der Waals surface area contributed by atoms with Crippen molar-refractivity contribution < 1.29 is 13.7 Å². The Kier molecular flexibility index (Phi) is 3.98. The van der Waals surface area contributed by atoms with Gasteiger partial charge in [-0.15, -0.1) is 0 Å². The van der Waals surface area contributed by atoms with Crippen LogP contribution in [0.4, 0.5) is 0 Å². The Morgan fingerprint density at radius 3 is 1.85 bits per heavy atom. The molecule has 2 aliphatic rings. The molecule has 0 amide bonds. The second kappa shape index (κ2) is 7.61. The summed E-state index contributed by atoms with van der Waals surface area (Å²) in [6.45, 7) is 0. The molecule has 0 N–H and O–H groups in total. The van der Waals surface area contributed by atoms with Gasteiger partial charge in [-0.25, -0.2) is 0 Å². The summed E-state index contributed by atoms with van der Waals surface area (Å²) >= 11 is 0. The summed E-state index contributed by atoms with van der Waals surface area (Å²) < 4.78 is 21.5. The monoisotopic (exact) mass is 525 g/mol. The van der Waals surface area contributed by atoms with Gasteiger partial charge in [-0.05, 0) is 59.7 Å². The first-order valence-electron chi connectivity index (χ1n) is 13.9. The highest BCUT2D eigenvalue weighted by atomic mass is 16.6. The molecule has 8 aromatic rings. The molecule has 0 saturated carbocycles. The number of furan rings is 1. The Labute approximate surface area is 235 Å². The van der Waals surface area contributed by atoms with E-state index in [1.807, 2.05) is 36.4 Å². The molecule has 0 spiro atoms. The number of rotatable bonds is 1. The molecule has 41 heavy (non-hydrogen) atoms. The third kappa shape index (κ3) is 2.80. The third-order valence-corrected chi connectivity index (χ3v) is 8.65. The third-order valence-electron chi connectivity index (χ3n) is 8.65. The SMILES string of the molecule is c1ccc2c(c1)OB1Oc3ccccc3-c3cc(-n4c5ccccc5c5cc6oc7ccccc7c6cc54)cc-2c31. The zero-order valence-corrected chi connectivity index (χ0v) is 21.8. The van der Waals surface area contributed by atoms with Crippen LogP contribution in [0, 0.1) is 0 Å². The van der Waals surface area contributed by atoms with Crippen LogP contribution in [0.3, 0.4) is 0 Å². The van der Waals surface area contributed by atoms with E-state index in [0.29, 0.717) is 0 Å². The summed E-state index contributed by atoms with van der Waals surface area (Å²) in [5.41, 5.74) is 10.7. The van der Waals surface area contributed by atoms with E-state index in [2.05, 4.69) is 89.5 Å². The van der Waals surface area contributed by atoms with Crippen LogP contribution in [0.1, 0.15) is 0 Å². The summed E-state index contributed by atoms with van der Waals surface area (Å²) in [6.07, 6.45) is 0. The fraction of sp³-hybridized carbons (Fsp3) is 0. The van der Waals surface area contributed by atoms with Gasteiger partial charge in [0.05, 0.1) is 11.0 Å². The second-order valence-electron chi connectivity index (χ2n) is 10.8. The van der Waals surface area contributed by atoms with E-state index >= 15 is 0 Å². The van der Waals surface area contributed by atoms with E-state index in [1.54, 1.807) is 0 Å². The predicted octanol–water partition coefficient (Wildman–Crippen LogP) is 8.50. The zero-order valence-electron chi connectivity index (χ0n) is 21.8. The van der Waals surface area contributed by atoms with Crippen molar-refractivity contribution in [1.82, 2.24) is 4.57 Å². The minimum atomic E-state index is -0.492. The van der Waals surface area contributed by atoms with Crippen LogP contribution < -0.4 is 14.8 Å². The number of hydrogen-bond donors (Lipinski definition) is 0. The Morgan fingerprint density at radius 1 is 0.463 bits per heavy atom. The van der Waals surface area contributed by atoms with Crippen molar-refractivity contribution in [2.75, 3.05) is 0 Å². The molecule has 0 fully saturated rings. The number of para-hydroxylation sites is 4. The van der Waals surface area contributed by atoms with Crippen LogP contribution in [-0.2, 0) is 0 Å². The highest BCUT2D eigenvalue weighted by Gasteiger charge is 2.41. The van der Waals surface area contributed by atoms with Gasteiger partial charge in [-0.2, -0.15) is 0 Å². The quantitative estimate of drug-likeness (QED) is 0.202. The van der Waals surface area contributed by atoms with E-state index in [-0.39, 0.29) is 0 Å². The molecule has 4 nitrogen and oxygen atoms in total. The molecule has 0 bridgehead atoms. The van der Waals surface area contributed by atoms with Crippen molar-refractivity contribution in [3.05, 3.63) is 121 Å². The average Bonchev–Trinajstić information content (AvgIpc) is 3.54. The Balaban J connectivity index is 1.36. The first-order chi connectivity index (χ1) is 20.3. The van der Waals surface area contributed by atoms with E-state index in [4.69, 9.17) is 13.7 Å². The lowest BCUT2D eigenvalue weighted by atomic mass is 9.66. The van der Waals surface area contributed by atoms with E-state index in [0.717, 1.165) is 77.9 Å². The number of hydrogen-bond acceptors (Lipinski definition) is 3. The summed E-state index contributed by atoms with van der Waals surface area (Å²) in [5, 5.41) is 4.61. The van der Waals surface area contributed by atoms with Gasteiger partial charge in [0, 0.05) is 43.8 Å². The smallest absolute Gasteiger partial charge is 0.521 e. The van der Waals surface area contributed by atoms with Gasteiger partial charge in [0.1, 0.15) is 22.7 Å². The van der Waals surface area contributed by atoms with E-state index in [1.165, 1.54) is 10.8 Å². The van der Waals surface area contributed by atoms with Gasteiger partial charge in [0.25, 0.3) is 0 Å². The van der Waals surface area contributed by atoms with Gasteiger partial charge in [0.15, 0.2) is 0 Å². The highest BCUT2D eigenvalue weighted by Crippen LogP contribution is 2.44. The molecule has 4 heterocycles. The Bertz CT molecular complexity index is 2330. The lowest BCUT2D eigenvalue weighted by Gasteiger charge is -2.32. The van der Waals surface area contributed by atoms with E-state index < -0.39 is 7.12 Å². The predicted molar refractivity (Wildman–Crippen MR) is 166 cm³/mol. The van der Waals surface area contributed by atoms with Crippen LogP contribution in [0.2, 0.25) is 0 Å². The van der Waals surface area contributed by atoms with Crippen LogP contribution >= 0.6 is 0 Å². The maximum Gasteiger partial charge on any atom is 0.633 e. The van der Waals surface area contributed by atoms with Crippen molar-refractivity contribution in [3.63, 3.8) is 0 Å². The largest absolute Gasteiger partial charge is 0.633 e. The first kappa shape index (κ1) is 21.4. The Morgan fingerprint density at radius 2 is 1.10 bits per heavy atom. The minimum absolute atomic E-state index is 0.492. The second-order valence-corrected chi connectivity index (χ2v) is 10.8. The van der Waals surface area contributed by atoms with Crippen molar-refractivity contribution in [3.8, 4) is 39.4 Å². The number of aromatic nitrogens is 1. The summed E-state index contributed by atoms with van der Waals surface area (Å²) in [5.74, 6) is 1.67. The van der Waals surface area contributed by atoms with Crippen molar-refractivity contribution in [2.45, 2.75) is 0 Å². The summed E-state index contributed by atoms with van der Waals surface area (Å²) in [4.78, 5) is 0. The number of benzene rings is 6. The minimum Gasteiger partial charge on any atom is -0.521 e. The van der Waals surface area contributed by atoms with Gasteiger partial charge in [-0.1, -0.05) is 72.8 Å². The lowest BCUT2D eigenvalue weighted by molar-refractivity contribution is 0.436. The lowest BCUT2D eigenvalue weighted by Crippen LogP contribution is -2.49. The fourth-order valence-electron chi connectivity index (χ4n) is 6.89. The number of nitrogens with zero attached hydrogens (tertiary/aromatic N) is 1. The molecular formula is C36H20BNO3. The molecule has 0 unspecified atom stereocenters. The molecule has 0 atom stereocenters. The molecule has 2 aliphatic heterocycles. The first-order valence-corrected chi connectivity index (χ1v) is 13.9. The van der Waals surface area contributed by atoms with Crippen molar-refractivity contribution >= 4 is 56.3 Å². The van der Waals surface area contributed by atoms with E-state index in [9.17, 15) is 0 Å². The molecular weight excluding hydrogens is 505 g/mol. The van der Waals surface area contributed by atoms with Crippen LogP contribution in [0.5, 0.6) is 11.5 Å². The number of fused-ring (bicyclic) bond motifs is 10. The molecule has 0 aliphatic carbocycles. The van der Waals surface area contributed by atoms with Crippen molar-refractivity contribution in [1.29, 1.82) is 0 Å². The molecule has 190 valence electrons. The normalized spacial score (nSPS) is 13.2. The molecule has 6 aromatic carbocycles. The molecule has 2 aromatic heterocycles. The van der Waals surface area contributed by atoms with Gasteiger partial charge in [-0.3, -0.25) is 0 Å². The molecule has 0 saturated heterocycles. The van der Waals surface area contributed by atoms with Gasteiger partial charge in [0.2, 0.25) is 0 Å². The zero-order chi connectivity index (χ0) is 26.7. The summed E-state index contributed by atoms with van der Waals surface area (Å²) in [6, 6.07) is 42.5. The maximum absolute atomic E-state index is 6.41. The molecule has 10 rings (SSSR count). The maximum atomic E-state index is 6.41. The molecule has 5 heteroatoms. The van der Waals surface area contributed by atoms with Gasteiger partial charge < -0.3 is 18.3 Å². The summed E-state index contributed by atoms with van der Waals surface area (Å²) in [7, 11) is -0.492. The standard InChI is InChI=1S/C36H20BNO3/c1-5-13-30-22(9-1)26-20-35-27(23-10-2-6-14-32(23)39-35)19-31(26)38(30)21-17-28-24-11-3-7-15-33(24)40-37-36(28)29(18-21)25-12-4-8-16-34(25)41-37/h1-20H. The fourth-order valence-corrected chi connectivity index (χ4v) is 6.89. The van der Waals surface area contributed by atoms with Crippen LogP contribution in [0.15, 0.2) is 126 Å². The Hall–Kier alpha value is -5.42. The topological polar surface area (TPSA) is 36.5 Å². The van der Waals surface area contributed by atoms with Crippen LogP contribution in [-0.4, -0.2) is 11.7 Å². The van der Waals surface area contributed by atoms with Gasteiger partial charge >= 0.3 is 7.12 Å². The van der Waals surface area contributed by atoms with Crippen molar-refractivity contribution in [2.24, 2.45) is 0 Å².